The van der Waals surface area contributed by atoms with Gasteiger partial charge in [0.15, 0.2) is 6.61 Å². The Balaban J connectivity index is 2.06. The third-order valence-electron chi connectivity index (χ3n) is 3.09. The van der Waals surface area contributed by atoms with Gasteiger partial charge in [-0.3, -0.25) is 14.9 Å². The minimum absolute atomic E-state index is 0.115. The maximum Gasteiger partial charge on any atom is 0.341 e. The first-order chi connectivity index (χ1) is 11.9. The Labute approximate surface area is 141 Å². The zero-order valence-electron chi connectivity index (χ0n) is 13.0. The number of hydrogen-bond acceptors (Lipinski definition) is 6. The Morgan fingerprint density at radius 2 is 1.96 bits per heavy atom. The number of hydrogen-bond donors (Lipinski definition) is 1. The summed E-state index contributed by atoms with van der Waals surface area (Å²) < 4.78 is 23.5. The average molecular weight is 348 g/mol. The molecule has 0 unspecified atom stereocenters. The van der Waals surface area contributed by atoms with Crippen molar-refractivity contribution in [3.8, 4) is 5.75 Å². The van der Waals surface area contributed by atoms with E-state index in [-0.39, 0.29) is 22.7 Å². The molecule has 0 spiro atoms. The molecular formula is C16H13FN2O6. The van der Waals surface area contributed by atoms with Crippen molar-refractivity contribution in [3.63, 3.8) is 0 Å². The van der Waals surface area contributed by atoms with Crippen molar-refractivity contribution in [2.45, 2.75) is 0 Å². The lowest BCUT2D eigenvalue weighted by molar-refractivity contribution is -0.384. The lowest BCUT2D eigenvalue weighted by Crippen LogP contribution is -2.21. The van der Waals surface area contributed by atoms with Crippen LogP contribution in [-0.2, 0) is 9.53 Å². The molecule has 2 aromatic rings. The van der Waals surface area contributed by atoms with E-state index in [9.17, 15) is 24.1 Å². The van der Waals surface area contributed by atoms with Crippen molar-refractivity contribution in [3.05, 3.63) is 64.0 Å². The molecule has 2 rings (SSSR count). The molecule has 0 atom stereocenters. The van der Waals surface area contributed by atoms with Crippen LogP contribution in [0.3, 0.4) is 0 Å². The number of esters is 1. The predicted octanol–water partition coefficient (Wildman–Crippen LogP) is 2.54. The number of benzene rings is 2. The van der Waals surface area contributed by atoms with Crippen molar-refractivity contribution >= 4 is 23.3 Å². The van der Waals surface area contributed by atoms with E-state index in [4.69, 9.17) is 4.74 Å². The highest BCUT2D eigenvalue weighted by Gasteiger charge is 2.16. The molecule has 25 heavy (non-hydrogen) atoms. The second-order valence-corrected chi connectivity index (χ2v) is 4.75. The first-order valence-electron chi connectivity index (χ1n) is 6.96. The van der Waals surface area contributed by atoms with Crippen LogP contribution in [0.1, 0.15) is 10.4 Å². The van der Waals surface area contributed by atoms with Crippen LogP contribution in [0.5, 0.6) is 5.75 Å². The second kappa shape index (κ2) is 7.86. The first kappa shape index (κ1) is 17.9. The Kier molecular flexibility index (Phi) is 5.62. The zero-order valence-corrected chi connectivity index (χ0v) is 13.0. The van der Waals surface area contributed by atoms with Gasteiger partial charge in [0.1, 0.15) is 17.1 Å². The number of nitrogens with one attached hydrogen (secondary N) is 1. The number of nitrogens with zero attached hydrogens (tertiary/aromatic N) is 1. The summed E-state index contributed by atoms with van der Waals surface area (Å²) in [6.07, 6.45) is 0. The van der Waals surface area contributed by atoms with Crippen LogP contribution in [0.2, 0.25) is 0 Å². The van der Waals surface area contributed by atoms with Crippen molar-refractivity contribution in [1.29, 1.82) is 0 Å². The van der Waals surface area contributed by atoms with Gasteiger partial charge in [-0.05, 0) is 18.2 Å². The van der Waals surface area contributed by atoms with E-state index in [1.54, 1.807) is 12.1 Å². The van der Waals surface area contributed by atoms with Crippen LogP contribution < -0.4 is 10.1 Å². The molecule has 0 heterocycles. The number of nitro benzene ring substituents is 1. The van der Waals surface area contributed by atoms with Gasteiger partial charge in [0.2, 0.25) is 0 Å². The van der Waals surface area contributed by atoms with Gasteiger partial charge in [-0.2, -0.15) is 0 Å². The predicted molar refractivity (Wildman–Crippen MR) is 85.0 cm³/mol. The number of para-hydroxylation sites is 1. The molecule has 1 amide bonds. The van der Waals surface area contributed by atoms with Crippen molar-refractivity contribution in [1.82, 2.24) is 0 Å². The Bertz CT molecular complexity index is 824. The number of carbonyl (C=O) groups excluding carboxylic acids is 2. The van der Waals surface area contributed by atoms with E-state index < -0.39 is 29.2 Å². The maximum absolute atomic E-state index is 13.6. The minimum Gasteiger partial charge on any atom is -0.483 e. The monoisotopic (exact) mass is 348 g/mol. The van der Waals surface area contributed by atoms with Gasteiger partial charge in [0.05, 0.1) is 17.7 Å². The molecule has 0 aromatic heterocycles. The summed E-state index contributed by atoms with van der Waals surface area (Å²) in [6.45, 7) is -0.532. The number of nitro groups is 1. The van der Waals surface area contributed by atoms with Gasteiger partial charge >= 0.3 is 5.97 Å². The van der Waals surface area contributed by atoms with E-state index in [2.05, 4.69) is 10.1 Å². The number of non-ortho nitro benzene ring substituents is 1. The summed E-state index contributed by atoms with van der Waals surface area (Å²) in [5.74, 6) is -2.10. The van der Waals surface area contributed by atoms with Gasteiger partial charge in [0, 0.05) is 12.1 Å². The smallest absolute Gasteiger partial charge is 0.341 e. The van der Waals surface area contributed by atoms with Gasteiger partial charge in [-0.1, -0.05) is 12.1 Å². The van der Waals surface area contributed by atoms with Crippen LogP contribution in [0.15, 0.2) is 42.5 Å². The third kappa shape index (κ3) is 4.50. The number of rotatable bonds is 6. The molecular weight excluding hydrogens is 335 g/mol. The summed E-state index contributed by atoms with van der Waals surface area (Å²) in [4.78, 5) is 33.5. The number of anilines is 1. The molecule has 0 fully saturated rings. The molecule has 1 N–H and O–H groups in total. The molecule has 0 saturated heterocycles. The number of carbonyl (C=O) groups is 2. The summed E-state index contributed by atoms with van der Waals surface area (Å²) in [7, 11) is 1.21. The number of ether oxygens (including phenoxy) is 2. The molecule has 0 aliphatic rings. The lowest BCUT2D eigenvalue weighted by atomic mass is 10.2. The molecule has 0 aliphatic heterocycles. The normalized spacial score (nSPS) is 10.0. The summed E-state index contributed by atoms with van der Waals surface area (Å²) in [6, 6.07) is 8.87. The molecule has 8 nitrogen and oxygen atoms in total. The van der Waals surface area contributed by atoms with Crippen LogP contribution in [0.25, 0.3) is 0 Å². The second-order valence-electron chi connectivity index (χ2n) is 4.75. The highest BCUT2D eigenvalue weighted by molar-refractivity contribution is 5.94. The molecule has 130 valence electrons. The van der Waals surface area contributed by atoms with Gasteiger partial charge < -0.3 is 14.8 Å². The highest BCUT2D eigenvalue weighted by atomic mass is 19.1. The summed E-state index contributed by atoms with van der Waals surface area (Å²) in [5, 5.41) is 12.9. The van der Waals surface area contributed by atoms with Crippen LogP contribution in [0, 0.1) is 15.9 Å². The zero-order chi connectivity index (χ0) is 18.4. The van der Waals surface area contributed by atoms with Gasteiger partial charge in [-0.15, -0.1) is 0 Å². The molecule has 2 aromatic carbocycles. The number of halogens is 1. The van der Waals surface area contributed by atoms with E-state index in [1.807, 2.05) is 0 Å². The standard InChI is InChI=1S/C16H13FN2O6/c1-24-16(21)11-4-2-3-5-14(11)25-9-15(20)18-13-8-10(19(22)23)6-7-12(13)17/h2-8H,9H2,1H3,(H,18,20). The highest BCUT2D eigenvalue weighted by Crippen LogP contribution is 2.22. The molecule has 0 radical (unpaired) electrons. The van der Waals surface area contributed by atoms with Crippen molar-refractivity contribution in [2.75, 3.05) is 19.0 Å². The fraction of sp³-hybridized carbons (Fsp3) is 0.125. The first-order valence-corrected chi connectivity index (χ1v) is 6.96. The Morgan fingerprint density at radius 1 is 1.24 bits per heavy atom. The van der Waals surface area contributed by atoms with Crippen LogP contribution in [-0.4, -0.2) is 30.5 Å². The molecule has 0 aliphatic carbocycles. The van der Waals surface area contributed by atoms with E-state index in [0.717, 1.165) is 18.2 Å². The minimum atomic E-state index is -0.825. The third-order valence-corrected chi connectivity index (χ3v) is 3.09. The average Bonchev–Trinajstić information content (AvgIpc) is 2.61. The summed E-state index contributed by atoms with van der Waals surface area (Å²) >= 11 is 0. The van der Waals surface area contributed by atoms with Crippen molar-refractivity contribution < 1.29 is 28.4 Å². The topological polar surface area (TPSA) is 108 Å². The van der Waals surface area contributed by atoms with E-state index in [0.29, 0.717) is 0 Å². The quantitative estimate of drug-likeness (QED) is 0.488. The summed E-state index contributed by atoms with van der Waals surface area (Å²) in [5.41, 5.74) is -0.586. The van der Waals surface area contributed by atoms with Crippen molar-refractivity contribution in [2.24, 2.45) is 0 Å². The molecule has 0 saturated carbocycles. The molecule has 9 heteroatoms. The lowest BCUT2D eigenvalue weighted by Gasteiger charge is -2.10. The SMILES string of the molecule is COC(=O)c1ccccc1OCC(=O)Nc1cc([N+](=O)[O-])ccc1F. The van der Waals surface area contributed by atoms with E-state index >= 15 is 0 Å². The van der Waals surface area contributed by atoms with E-state index in [1.165, 1.54) is 19.2 Å². The molecule has 0 bridgehead atoms. The van der Waals surface area contributed by atoms with Gasteiger partial charge in [0.25, 0.3) is 11.6 Å². The Hall–Kier alpha value is -3.49. The maximum atomic E-state index is 13.6. The fourth-order valence-electron chi connectivity index (χ4n) is 1.92. The van der Waals surface area contributed by atoms with Crippen LogP contribution >= 0.6 is 0 Å². The largest absolute Gasteiger partial charge is 0.483 e. The fourth-order valence-corrected chi connectivity index (χ4v) is 1.92. The van der Waals surface area contributed by atoms with Crippen LogP contribution in [0.4, 0.5) is 15.8 Å². The Morgan fingerprint density at radius 3 is 2.64 bits per heavy atom. The van der Waals surface area contributed by atoms with Gasteiger partial charge in [-0.25, -0.2) is 9.18 Å². The number of methoxy groups -OCH3 is 1. The number of amides is 1.